The molecule has 0 saturated carbocycles. The highest BCUT2D eigenvalue weighted by atomic mass is 16.3. The lowest BCUT2D eigenvalue weighted by atomic mass is 9.86. The van der Waals surface area contributed by atoms with Gasteiger partial charge in [0.25, 0.3) is 0 Å². The first-order chi connectivity index (χ1) is 18.8. The quantitative estimate of drug-likeness (QED) is 0.205. The van der Waals surface area contributed by atoms with Crippen LogP contribution in [0.15, 0.2) is 82.0 Å². The molecule has 39 heavy (non-hydrogen) atoms. The lowest BCUT2D eigenvalue weighted by Crippen LogP contribution is -2.26. The Hall–Kier alpha value is -4.91. The lowest BCUT2D eigenvalue weighted by molar-refractivity contribution is 0.0999. The molecule has 0 aromatic heterocycles. The minimum Gasteiger partial charge on any atom is -0.508 e. The Balaban J connectivity index is 1.65. The fraction of sp³-hybridized carbons (Fsp3) is 0.156. The van der Waals surface area contributed by atoms with Gasteiger partial charge in [-0.25, -0.2) is 0 Å². The Kier molecular flexibility index (Phi) is 6.90. The Morgan fingerprint density at radius 3 is 2.44 bits per heavy atom. The summed E-state index contributed by atoms with van der Waals surface area (Å²) in [6, 6.07) is 20.6. The van der Waals surface area contributed by atoms with E-state index < -0.39 is 5.91 Å². The maximum absolute atomic E-state index is 12.5. The van der Waals surface area contributed by atoms with Gasteiger partial charge in [0.05, 0.1) is 0 Å². The number of rotatable bonds is 8. The third kappa shape index (κ3) is 4.86. The zero-order valence-corrected chi connectivity index (χ0v) is 21.7. The van der Waals surface area contributed by atoms with Crippen LogP contribution in [0.5, 0.6) is 5.75 Å². The van der Waals surface area contributed by atoms with E-state index >= 15 is 0 Å². The van der Waals surface area contributed by atoms with Crippen LogP contribution in [0.4, 0.5) is 5.69 Å². The van der Waals surface area contributed by atoms with E-state index in [-0.39, 0.29) is 11.2 Å². The van der Waals surface area contributed by atoms with Crippen molar-refractivity contribution in [3.8, 4) is 28.2 Å². The summed E-state index contributed by atoms with van der Waals surface area (Å²) in [5, 5.41) is 10.9. The summed E-state index contributed by atoms with van der Waals surface area (Å²) in [5.41, 5.74) is 12.3. The molecule has 0 unspecified atom stereocenters. The monoisotopic (exact) mass is 520 g/mol. The van der Waals surface area contributed by atoms with Gasteiger partial charge in [-0.2, -0.15) is 0 Å². The number of nitrogens with zero attached hydrogens (tertiary/aromatic N) is 1. The highest BCUT2D eigenvalue weighted by molar-refractivity contribution is 6.04. The molecular weight excluding hydrogens is 492 g/mol. The van der Waals surface area contributed by atoms with Crippen LogP contribution in [0.25, 0.3) is 33.4 Å². The number of anilines is 1. The number of phenols is 1. The van der Waals surface area contributed by atoms with Crippen LogP contribution in [-0.2, 0) is 6.42 Å². The van der Waals surface area contributed by atoms with E-state index in [0.717, 1.165) is 51.7 Å². The van der Waals surface area contributed by atoms with Crippen LogP contribution in [-0.4, -0.2) is 30.4 Å². The van der Waals surface area contributed by atoms with Gasteiger partial charge < -0.3 is 20.2 Å². The number of aromatic hydroxyl groups is 1. The van der Waals surface area contributed by atoms with Gasteiger partial charge in [0.15, 0.2) is 5.43 Å². The molecule has 196 valence electrons. The van der Waals surface area contributed by atoms with Gasteiger partial charge in [-0.1, -0.05) is 6.07 Å². The van der Waals surface area contributed by atoms with Crippen LogP contribution in [0.3, 0.4) is 0 Å². The molecule has 0 bridgehead atoms. The van der Waals surface area contributed by atoms with Crippen molar-refractivity contribution in [2.75, 3.05) is 18.0 Å². The highest BCUT2D eigenvalue weighted by Crippen LogP contribution is 2.42. The summed E-state index contributed by atoms with van der Waals surface area (Å²) in [4.78, 5) is 37.8. The minimum absolute atomic E-state index is 0.0529. The SMILES string of the molecule is CCN(CCc1c(C(N)=O)ccc(-c2c3ccc(=O)cc-3oc3cc(O)ccc23)c1C)c1ccc(C=O)cc1. The van der Waals surface area contributed by atoms with Crippen LogP contribution >= 0.6 is 0 Å². The Labute approximate surface area is 225 Å². The summed E-state index contributed by atoms with van der Waals surface area (Å²) in [6.07, 6.45) is 1.37. The fourth-order valence-electron chi connectivity index (χ4n) is 5.21. The number of carbonyl (C=O) groups excluding carboxylic acids is 2. The number of aldehydes is 1. The summed E-state index contributed by atoms with van der Waals surface area (Å²) >= 11 is 0. The average Bonchev–Trinajstić information content (AvgIpc) is 2.93. The Morgan fingerprint density at radius 1 is 1.00 bits per heavy atom. The third-order valence-corrected chi connectivity index (χ3v) is 7.22. The predicted octanol–water partition coefficient (Wildman–Crippen LogP) is 5.56. The second-order valence-electron chi connectivity index (χ2n) is 9.48. The molecule has 0 spiro atoms. The van der Waals surface area contributed by atoms with E-state index in [9.17, 15) is 19.5 Å². The molecule has 7 nitrogen and oxygen atoms in total. The van der Waals surface area contributed by atoms with Crippen molar-refractivity contribution >= 4 is 28.8 Å². The van der Waals surface area contributed by atoms with Gasteiger partial charge in [0, 0.05) is 58.5 Å². The van der Waals surface area contributed by atoms with Crippen molar-refractivity contribution in [1.82, 2.24) is 0 Å². The van der Waals surface area contributed by atoms with Crippen LogP contribution in [0.1, 0.15) is 38.8 Å². The number of carbonyl (C=O) groups is 2. The van der Waals surface area contributed by atoms with Crippen molar-refractivity contribution in [3.63, 3.8) is 0 Å². The molecule has 1 heterocycles. The van der Waals surface area contributed by atoms with E-state index in [0.29, 0.717) is 35.4 Å². The van der Waals surface area contributed by atoms with E-state index in [1.54, 1.807) is 36.4 Å². The van der Waals surface area contributed by atoms with Gasteiger partial charge in [0.1, 0.15) is 23.4 Å². The average molecular weight is 521 g/mol. The van der Waals surface area contributed by atoms with E-state index in [2.05, 4.69) is 11.8 Å². The Morgan fingerprint density at radius 2 is 1.74 bits per heavy atom. The zero-order valence-electron chi connectivity index (χ0n) is 21.7. The molecule has 1 aliphatic heterocycles. The second kappa shape index (κ2) is 10.5. The lowest BCUT2D eigenvalue weighted by Gasteiger charge is -2.25. The molecule has 3 aromatic carbocycles. The molecule has 0 radical (unpaired) electrons. The first-order valence-electron chi connectivity index (χ1n) is 12.7. The normalized spacial score (nSPS) is 11.1. The number of hydrogen-bond donors (Lipinski definition) is 2. The summed E-state index contributed by atoms with van der Waals surface area (Å²) in [5.74, 6) is -0.0414. The van der Waals surface area contributed by atoms with Crippen molar-refractivity contribution in [3.05, 3.63) is 105 Å². The van der Waals surface area contributed by atoms with Gasteiger partial charge in [0.2, 0.25) is 5.91 Å². The largest absolute Gasteiger partial charge is 0.508 e. The van der Waals surface area contributed by atoms with Crippen molar-refractivity contribution in [2.45, 2.75) is 20.3 Å². The number of fused-ring (bicyclic) bond motifs is 2. The fourth-order valence-corrected chi connectivity index (χ4v) is 5.21. The third-order valence-electron chi connectivity index (χ3n) is 7.22. The minimum atomic E-state index is -0.503. The molecule has 5 rings (SSSR count). The van der Waals surface area contributed by atoms with Crippen molar-refractivity contribution in [2.24, 2.45) is 5.73 Å². The van der Waals surface area contributed by atoms with Crippen molar-refractivity contribution in [1.29, 1.82) is 0 Å². The first kappa shape index (κ1) is 25.7. The topological polar surface area (TPSA) is 114 Å². The smallest absolute Gasteiger partial charge is 0.248 e. The molecule has 3 N–H and O–H groups in total. The first-order valence-corrected chi connectivity index (χ1v) is 12.7. The number of nitrogens with two attached hydrogens (primary N) is 1. The number of phenolic OH excluding ortho intramolecular Hbond substituents is 1. The Bertz CT molecular complexity index is 1740. The molecule has 0 saturated heterocycles. The number of hydrogen-bond acceptors (Lipinski definition) is 6. The molecule has 7 heteroatoms. The molecule has 2 aliphatic rings. The molecule has 3 aromatic rings. The van der Waals surface area contributed by atoms with Gasteiger partial charge in [-0.05, 0) is 91.6 Å². The molecule has 1 aliphatic carbocycles. The zero-order chi connectivity index (χ0) is 27.7. The van der Waals surface area contributed by atoms with Crippen molar-refractivity contribution < 1.29 is 19.1 Å². The van der Waals surface area contributed by atoms with E-state index in [1.165, 1.54) is 18.2 Å². The maximum Gasteiger partial charge on any atom is 0.248 e. The molecule has 0 fully saturated rings. The van der Waals surface area contributed by atoms with E-state index in [1.807, 2.05) is 25.1 Å². The van der Waals surface area contributed by atoms with Crippen LogP contribution in [0.2, 0.25) is 0 Å². The van der Waals surface area contributed by atoms with Crippen LogP contribution in [0, 0.1) is 6.92 Å². The van der Waals surface area contributed by atoms with Gasteiger partial charge >= 0.3 is 0 Å². The second-order valence-corrected chi connectivity index (χ2v) is 9.48. The predicted molar refractivity (Wildman–Crippen MR) is 153 cm³/mol. The molecular formula is C32H28N2O5. The number of likely N-dealkylation sites (N-methyl/N-ethyl adjacent to an activating group) is 1. The highest BCUT2D eigenvalue weighted by Gasteiger charge is 2.22. The summed E-state index contributed by atoms with van der Waals surface area (Å²) < 4.78 is 6.00. The number of primary amides is 1. The molecule has 0 atom stereocenters. The molecule has 1 amide bonds. The van der Waals surface area contributed by atoms with Crippen LogP contribution < -0.4 is 16.1 Å². The van der Waals surface area contributed by atoms with Gasteiger partial charge in [-0.15, -0.1) is 0 Å². The standard InChI is InChI=1S/C32H28N2O5/c1-3-34(21-6-4-20(18-35)5-7-21)15-14-24-19(2)25(12-13-26(24)32(33)38)31-27-10-8-22(36)16-29(27)39-30-17-23(37)9-11-28(30)31/h4-13,16-18,36H,3,14-15H2,1-2H3,(H2,33,38). The number of benzene rings is 4. The summed E-state index contributed by atoms with van der Waals surface area (Å²) in [6.45, 7) is 5.38. The van der Waals surface area contributed by atoms with Gasteiger partial charge in [-0.3, -0.25) is 14.4 Å². The number of amides is 1. The maximum atomic E-state index is 12.5. The summed E-state index contributed by atoms with van der Waals surface area (Å²) in [7, 11) is 0. The van der Waals surface area contributed by atoms with E-state index in [4.69, 9.17) is 10.2 Å².